The Morgan fingerprint density at radius 1 is 0.970 bits per heavy atom. The number of hydrogen-bond donors (Lipinski definition) is 0. The Balaban J connectivity index is 1.45. The fraction of sp³-hybridized carbons (Fsp3) is 0.192. The number of pyridine rings is 1. The van der Waals surface area contributed by atoms with E-state index in [1.54, 1.807) is 37.6 Å². The van der Waals surface area contributed by atoms with Crippen molar-refractivity contribution in [2.75, 3.05) is 32.6 Å². The van der Waals surface area contributed by atoms with Gasteiger partial charge in [0.15, 0.2) is 12.4 Å². The second kappa shape index (κ2) is 9.56. The molecule has 0 unspecified atom stereocenters. The Morgan fingerprint density at radius 3 is 2.42 bits per heavy atom. The summed E-state index contributed by atoms with van der Waals surface area (Å²) >= 11 is 0. The van der Waals surface area contributed by atoms with Crippen LogP contribution in [0, 0.1) is 0 Å². The van der Waals surface area contributed by atoms with Crippen molar-refractivity contribution in [2.45, 2.75) is 6.54 Å². The molecule has 0 aliphatic heterocycles. The number of amides is 1. The second-order valence-corrected chi connectivity index (χ2v) is 7.94. The molecule has 0 N–H and O–H groups in total. The molecule has 2 aromatic heterocycles. The molecular formula is C26H25N3O4. The number of anilines is 1. The number of rotatable bonds is 7. The van der Waals surface area contributed by atoms with Gasteiger partial charge in [-0.1, -0.05) is 30.3 Å². The van der Waals surface area contributed by atoms with Crippen LogP contribution in [0.2, 0.25) is 0 Å². The first-order valence-corrected chi connectivity index (χ1v) is 10.5. The maximum atomic E-state index is 12.9. The fourth-order valence-electron chi connectivity index (χ4n) is 3.47. The summed E-state index contributed by atoms with van der Waals surface area (Å²) in [5, 5.41) is 0.652. The van der Waals surface area contributed by atoms with Gasteiger partial charge in [-0.05, 0) is 42.0 Å². The van der Waals surface area contributed by atoms with Crippen LogP contribution in [0.3, 0.4) is 0 Å². The summed E-state index contributed by atoms with van der Waals surface area (Å²) in [5.41, 5.74) is 3.58. The fourth-order valence-corrected chi connectivity index (χ4v) is 3.47. The lowest BCUT2D eigenvalue weighted by Crippen LogP contribution is -2.30. The summed E-state index contributed by atoms with van der Waals surface area (Å²) in [4.78, 5) is 33.6. The SMILES string of the molecule is CN(Cc1ccc(N(C)C)cc1)C(=O)COC(=O)c1cc(-c2ccco2)nc2ccccc12. The number of para-hydroxylation sites is 1. The number of esters is 1. The smallest absolute Gasteiger partial charge is 0.339 e. The molecule has 4 rings (SSSR count). The molecule has 0 saturated carbocycles. The minimum atomic E-state index is -0.585. The zero-order valence-corrected chi connectivity index (χ0v) is 18.8. The predicted molar refractivity (Wildman–Crippen MR) is 127 cm³/mol. The number of aromatic nitrogens is 1. The molecule has 7 heteroatoms. The summed E-state index contributed by atoms with van der Waals surface area (Å²) in [6, 6.07) is 20.4. The Kier molecular flexibility index (Phi) is 6.40. The van der Waals surface area contributed by atoms with Crippen LogP contribution < -0.4 is 4.90 Å². The van der Waals surface area contributed by atoms with Gasteiger partial charge in [-0.25, -0.2) is 9.78 Å². The summed E-state index contributed by atoms with van der Waals surface area (Å²) in [6.07, 6.45) is 1.55. The number of carbonyl (C=O) groups is 2. The number of likely N-dealkylation sites (N-methyl/N-ethyl adjacent to an activating group) is 1. The molecule has 0 aliphatic carbocycles. The van der Waals surface area contributed by atoms with Crippen molar-refractivity contribution in [3.63, 3.8) is 0 Å². The van der Waals surface area contributed by atoms with Gasteiger partial charge in [0, 0.05) is 38.8 Å². The molecule has 0 atom stereocenters. The third-order valence-electron chi connectivity index (χ3n) is 5.33. The van der Waals surface area contributed by atoms with Gasteiger partial charge in [0.1, 0.15) is 5.69 Å². The number of fused-ring (bicyclic) bond motifs is 1. The van der Waals surface area contributed by atoms with Crippen LogP contribution >= 0.6 is 0 Å². The lowest BCUT2D eigenvalue weighted by molar-refractivity contribution is -0.133. The zero-order valence-electron chi connectivity index (χ0n) is 18.8. The third kappa shape index (κ3) is 5.03. The monoisotopic (exact) mass is 443 g/mol. The number of ether oxygens (including phenoxy) is 1. The lowest BCUT2D eigenvalue weighted by atomic mass is 10.1. The molecule has 0 spiro atoms. The average molecular weight is 444 g/mol. The molecule has 4 aromatic rings. The molecule has 2 aromatic carbocycles. The molecule has 7 nitrogen and oxygen atoms in total. The third-order valence-corrected chi connectivity index (χ3v) is 5.33. The summed E-state index contributed by atoms with van der Waals surface area (Å²) in [6.45, 7) is 0.0722. The zero-order chi connectivity index (χ0) is 23.4. The average Bonchev–Trinajstić information content (AvgIpc) is 3.37. The van der Waals surface area contributed by atoms with Gasteiger partial charge in [0.05, 0.1) is 17.3 Å². The van der Waals surface area contributed by atoms with E-state index in [-0.39, 0.29) is 12.5 Å². The van der Waals surface area contributed by atoms with E-state index in [9.17, 15) is 9.59 Å². The second-order valence-electron chi connectivity index (χ2n) is 7.94. The Morgan fingerprint density at radius 2 is 1.73 bits per heavy atom. The van der Waals surface area contributed by atoms with Crippen molar-refractivity contribution in [1.82, 2.24) is 9.88 Å². The van der Waals surface area contributed by atoms with Gasteiger partial charge >= 0.3 is 5.97 Å². The quantitative estimate of drug-likeness (QED) is 0.395. The van der Waals surface area contributed by atoms with Gasteiger partial charge in [-0.3, -0.25) is 4.79 Å². The van der Waals surface area contributed by atoms with Gasteiger partial charge < -0.3 is 19.0 Å². The standard InChI is InChI=1S/C26H25N3O4/c1-28(2)19-12-10-18(11-13-19)16-29(3)25(30)17-33-26(31)21-15-23(24-9-6-14-32-24)27-22-8-5-4-7-20(21)22/h4-15H,16-17H2,1-3H3. The Labute approximate surface area is 192 Å². The van der Waals surface area contributed by atoms with Crippen LogP contribution in [-0.2, 0) is 16.1 Å². The number of hydrogen-bond acceptors (Lipinski definition) is 6. The highest BCUT2D eigenvalue weighted by molar-refractivity contribution is 6.05. The molecule has 0 aliphatic rings. The molecular weight excluding hydrogens is 418 g/mol. The first-order valence-electron chi connectivity index (χ1n) is 10.5. The summed E-state index contributed by atoms with van der Waals surface area (Å²) < 4.78 is 10.8. The van der Waals surface area contributed by atoms with E-state index in [0.29, 0.717) is 34.5 Å². The van der Waals surface area contributed by atoms with Gasteiger partial charge in [0.2, 0.25) is 0 Å². The van der Waals surface area contributed by atoms with Crippen LogP contribution in [0.15, 0.2) is 77.4 Å². The Bertz CT molecular complexity index is 1260. The molecule has 0 saturated heterocycles. The van der Waals surface area contributed by atoms with Crippen LogP contribution in [0.25, 0.3) is 22.4 Å². The van der Waals surface area contributed by atoms with E-state index in [1.807, 2.05) is 61.5 Å². The van der Waals surface area contributed by atoms with E-state index in [2.05, 4.69) is 4.98 Å². The maximum Gasteiger partial charge on any atom is 0.339 e. The molecule has 2 heterocycles. The normalized spacial score (nSPS) is 10.8. The van der Waals surface area contributed by atoms with E-state index in [1.165, 1.54) is 4.90 Å². The van der Waals surface area contributed by atoms with Crippen LogP contribution in [0.1, 0.15) is 15.9 Å². The van der Waals surface area contributed by atoms with Gasteiger partial charge in [0.25, 0.3) is 5.91 Å². The molecule has 0 radical (unpaired) electrons. The van der Waals surface area contributed by atoms with E-state index in [4.69, 9.17) is 9.15 Å². The van der Waals surface area contributed by atoms with Crippen molar-refractivity contribution >= 4 is 28.5 Å². The lowest BCUT2D eigenvalue weighted by Gasteiger charge is -2.18. The van der Waals surface area contributed by atoms with Crippen molar-refractivity contribution in [1.29, 1.82) is 0 Å². The van der Waals surface area contributed by atoms with E-state index < -0.39 is 5.97 Å². The minimum absolute atomic E-state index is 0.287. The molecule has 0 bridgehead atoms. The number of carbonyl (C=O) groups excluding carboxylic acids is 2. The molecule has 0 fully saturated rings. The first-order chi connectivity index (χ1) is 15.9. The topological polar surface area (TPSA) is 75.9 Å². The van der Waals surface area contributed by atoms with Gasteiger partial charge in [-0.15, -0.1) is 0 Å². The van der Waals surface area contributed by atoms with Crippen LogP contribution in [0.4, 0.5) is 5.69 Å². The molecule has 33 heavy (non-hydrogen) atoms. The van der Waals surface area contributed by atoms with Crippen molar-refractivity contribution < 1.29 is 18.7 Å². The van der Waals surface area contributed by atoms with Crippen molar-refractivity contribution in [3.05, 3.63) is 84.1 Å². The molecule has 168 valence electrons. The summed E-state index contributed by atoms with van der Waals surface area (Å²) in [7, 11) is 5.64. The predicted octanol–water partition coefficient (Wildman–Crippen LogP) is 4.38. The first kappa shape index (κ1) is 22.1. The molecule has 1 amide bonds. The van der Waals surface area contributed by atoms with E-state index >= 15 is 0 Å². The number of furan rings is 1. The highest BCUT2D eigenvalue weighted by Crippen LogP contribution is 2.25. The highest BCUT2D eigenvalue weighted by atomic mass is 16.5. The van der Waals surface area contributed by atoms with Crippen LogP contribution in [0.5, 0.6) is 0 Å². The maximum absolute atomic E-state index is 12.9. The van der Waals surface area contributed by atoms with Gasteiger partial charge in [-0.2, -0.15) is 0 Å². The number of benzene rings is 2. The summed E-state index contributed by atoms with van der Waals surface area (Å²) in [5.74, 6) is -0.325. The van der Waals surface area contributed by atoms with Crippen molar-refractivity contribution in [2.24, 2.45) is 0 Å². The van der Waals surface area contributed by atoms with Crippen molar-refractivity contribution in [3.8, 4) is 11.5 Å². The Hall–Kier alpha value is -4.13. The van der Waals surface area contributed by atoms with Crippen LogP contribution in [-0.4, -0.2) is 49.5 Å². The van der Waals surface area contributed by atoms with E-state index in [0.717, 1.165) is 11.3 Å². The number of nitrogens with zero attached hydrogens (tertiary/aromatic N) is 3. The minimum Gasteiger partial charge on any atom is -0.463 e. The largest absolute Gasteiger partial charge is 0.463 e. The highest BCUT2D eigenvalue weighted by Gasteiger charge is 2.18.